The van der Waals surface area contributed by atoms with Crippen LogP contribution in [0.15, 0.2) is 76.3 Å². The third-order valence-electron chi connectivity index (χ3n) is 5.45. The quantitative estimate of drug-likeness (QED) is 0.357. The van der Waals surface area contributed by atoms with Crippen molar-refractivity contribution < 1.29 is 14.6 Å². The molecule has 0 atom stereocenters. The molecule has 2 aromatic heterocycles. The van der Waals surface area contributed by atoms with Crippen LogP contribution in [0, 0.1) is 6.92 Å². The molecule has 36 heavy (non-hydrogen) atoms. The van der Waals surface area contributed by atoms with Gasteiger partial charge in [0.1, 0.15) is 23.1 Å². The number of aromatic carboxylic acids is 1. The van der Waals surface area contributed by atoms with Gasteiger partial charge in [-0.2, -0.15) is 0 Å². The highest BCUT2D eigenvalue weighted by Gasteiger charge is 2.13. The van der Waals surface area contributed by atoms with Gasteiger partial charge >= 0.3 is 11.7 Å². The number of carbonyl (C=O) groups is 1. The minimum Gasteiger partial charge on any atom is -0.478 e. The minimum atomic E-state index is -1.05. The first-order valence-electron chi connectivity index (χ1n) is 11.1. The van der Waals surface area contributed by atoms with Gasteiger partial charge in [0.25, 0.3) is 5.56 Å². The van der Waals surface area contributed by atoms with Crippen LogP contribution in [-0.2, 0) is 13.1 Å². The number of carboxylic acids is 1. The standard InChI is InChI=1S/C26H23ClN4O5/c1-3-30-24(32)14-23(31(26(30)35)15-17-7-9-19(27)10-8-17)29-22-12-11-21(16(2)28-22)36-20-6-4-5-18(13-20)25(33)34/h4-14H,3,15H2,1-2H3,(H,28,29)(H,33,34). The highest BCUT2D eigenvalue weighted by Crippen LogP contribution is 2.27. The van der Waals surface area contributed by atoms with Crippen molar-refractivity contribution in [3.63, 3.8) is 0 Å². The summed E-state index contributed by atoms with van der Waals surface area (Å²) < 4.78 is 8.43. The third kappa shape index (κ3) is 5.47. The van der Waals surface area contributed by atoms with Gasteiger partial charge in [0.15, 0.2) is 0 Å². The fourth-order valence-corrected chi connectivity index (χ4v) is 3.74. The minimum absolute atomic E-state index is 0.108. The van der Waals surface area contributed by atoms with E-state index in [1.54, 1.807) is 50.2 Å². The molecule has 0 saturated heterocycles. The van der Waals surface area contributed by atoms with Crippen LogP contribution in [0.5, 0.6) is 11.5 Å². The van der Waals surface area contributed by atoms with Crippen LogP contribution >= 0.6 is 11.6 Å². The van der Waals surface area contributed by atoms with Crippen LogP contribution in [0.1, 0.15) is 28.5 Å². The van der Waals surface area contributed by atoms with E-state index in [1.165, 1.54) is 22.8 Å². The molecule has 0 unspecified atom stereocenters. The Morgan fingerprint density at radius 2 is 1.81 bits per heavy atom. The molecular formula is C26H23ClN4O5. The average Bonchev–Trinajstić information content (AvgIpc) is 2.85. The summed E-state index contributed by atoms with van der Waals surface area (Å²) in [6.45, 7) is 3.93. The van der Waals surface area contributed by atoms with E-state index in [-0.39, 0.29) is 18.7 Å². The molecule has 0 spiro atoms. The smallest absolute Gasteiger partial charge is 0.335 e. The van der Waals surface area contributed by atoms with E-state index in [0.717, 1.165) is 10.1 Å². The van der Waals surface area contributed by atoms with Crippen molar-refractivity contribution in [2.24, 2.45) is 0 Å². The van der Waals surface area contributed by atoms with E-state index < -0.39 is 17.2 Å². The number of benzene rings is 2. The van der Waals surface area contributed by atoms with E-state index in [1.807, 2.05) is 12.1 Å². The Morgan fingerprint density at radius 3 is 2.47 bits per heavy atom. The van der Waals surface area contributed by atoms with Gasteiger partial charge in [0, 0.05) is 17.6 Å². The predicted octanol–water partition coefficient (Wildman–Crippen LogP) is 4.67. The Bertz CT molecular complexity index is 1540. The van der Waals surface area contributed by atoms with Gasteiger partial charge in [0.2, 0.25) is 0 Å². The molecule has 4 rings (SSSR count). The van der Waals surface area contributed by atoms with Gasteiger partial charge in [-0.25, -0.2) is 14.6 Å². The van der Waals surface area contributed by atoms with Gasteiger partial charge in [-0.3, -0.25) is 13.9 Å². The first-order chi connectivity index (χ1) is 17.2. The van der Waals surface area contributed by atoms with Crippen LogP contribution < -0.4 is 21.3 Å². The number of rotatable bonds is 8. The van der Waals surface area contributed by atoms with Gasteiger partial charge in [-0.05, 0) is 61.9 Å². The lowest BCUT2D eigenvalue weighted by Crippen LogP contribution is -2.40. The molecule has 4 aromatic rings. The molecule has 0 amide bonds. The maximum atomic E-state index is 13.1. The lowest BCUT2D eigenvalue weighted by molar-refractivity contribution is 0.0696. The van der Waals surface area contributed by atoms with Crippen molar-refractivity contribution in [3.05, 3.63) is 109 Å². The summed E-state index contributed by atoms with van der Waals surface area (Å²) in [5.41, 5.74) is 0.596. The third-order valence-corrected chi connectivity index (χ3v) is 5.70. The molecule has 0 fully saturated rings. The zero-order valence-corrected chi connectivity index (χ0v) is 20.3. The van der Waals surface area contributed by atoms with Crippen LogP contribution in [0.25, 0.3) is 0 Å². The lowest BCUT2D eigenvalue weighted by atomic mass is 10.2. The van der Waals surface area contributed by atoms with Gasteiger partial charge in [-0.15, -0.1) is 0 Å². The molecule has 0 radical (unpaired) electrons. The maximum Gasteiger partial charge on any atom is 0.335 e. The summed E-state index contributed by atoms with van der Waals surface area (Å²) in [5.74, 6) is 0.435. The molecule has 0 aliphatic heterocycles. The second kappa shape index (κ2) is 10.5. The first kappa shape index (κ1) is 24.7. The molecule has 184 valence electrons. The Labute approximate surface area is 211 Å². The topological polar surface area (TPSA) is 115 Å². The monoisotopic (exact) mass is 506 g/mol. The number of halogens is 1. The molecule has 2 N–H and O–H groups in total. The molecule has 0 bridgehead atoms. The molecule has 0 saturated carbocycles. The van der Waals surface area contributed by atoms with Gasteiger partial charge in [0.05, 0.1) is 17.8 Å². The van der Waals surface area contributed by atoms with Crippen molar-refractivity contribution in [3.8, 4) is 11.5 Å². The van der Waals surface area contributed by atoms with Crippen molar-refractivity contribution in [1.82, 2.24) is 14.1 Å². The fraction of sp³-hybridized carbons (Fsp3) is 0.154. The number of pyridine rings is 1. The SMILES string of the molecule is CCn1c(=O)cc(Nc2ccc(Oc3cccc(C(=O)O)c3)c(C)n2)n(Cc2ccc(Cl)cc2)c1=O. The van der Waals surface area contributed by atoms with Crippen LogP contribution in [0.2, 0.25) is 5.02 Å². The number of aromatic nitrogens is 3. The number of nitrogens with zero attached hydrogens (tertiary/aromatic N) is 3. The number of ether oxygens (including phenoxy) is 1. The van der Waals surface area contributed by atoms with Crippen LogP contribution in [0.4, 0.5) is 11.6 Å². The number of carboxylic acid groups (broad SMARTS) is 1. The molecular weight excluding hydrogens is 484 g/mol. The molecule has 10 heteroatoms. The summed E-state index contributed by atoms with van der Waals surface area (Å²) in [4.78, 5) is 41.3. The van der Waals surface area contributed by atoms with Crippen LogP contribution in [0.3, 0.4) is 0 Å². The average molecular weight is 507 g/mol. The lowest BCUT2D eigenvalue weighted by Gasteiger charge is -2.17. The molecule has 2 heterocycles. The van der Waals surface area contributed by atoms with E-state index in [9.17, 15) is 19.5 Å². The number of aryl methyl sites for hydroxylation is 1. The fourth-order valence-electron chi connectivity index (χ4n) is 3.61. The summed E-state index contributed by atoms with van der Waals surface area (Å²) in [5, 5.41) is 12.8. The highest BCUT2D eigenvalue weighted by molar-refractivity contribution is 6.30. The summed E-state index contributed by atoms with van der Waals surface area (Å²) >= 11 is 5.98. The Hall–Kier alpha value is -4.37. The first-order valence-corrected chi connectivity index (χ1v) is 11.5. The largest absolute Gasteiger partial charge is 0.478 e. The van der Waals surface area contributed by atoms with E-state index in [2.05, 4.69) is 10.3 Å². The van der Waals surface area contributed by atoms with Crippen molar-refractivity contribution in [2.45, 2.75) is 26.9 Å². The predicted molar refractivity (Wildman–Crippen MR) is 137 cm³/mol. The van der Waals surface area contributed by atoms with E-state index in [0.29, 0.717) is 33.9 Å². The normalized spacial score (nSPS) is 10.8. The van der Waals surface area contributed by atoms with Crippen LogP contribution in [-0.4, -0.2) is 25.2 Å². The summed E-state index contributed by atoms with van der Waals surface area (Å²) in [6, 6.07) is 17.9. The molecule has 0 aliphatic rings. The van der Waals surface area contributed by atoms with E-state index in [4.69, 9.17) is 16.3 Å². The van der Waals surface area contributed by atoms with Crippen molar-refractivity contribution in [1.29, 1.82) is 0 Å². The van der Waals surface area contributed by atoms with Gasteiger partial charge in [-0.1, -0.05) is 29.8 Å². The Kier molecular flexibility index (Phi) is 7.21. The maximum absolute atomic E-state index is 13.1. The van der Waals surface area contributed by atoms with E-state index >= 15 is 0 Å². The number of anilines is 2. The summed E-state index contributed by atoms with van der Waals surface area (Å²) in [7, 11) is 0. The second-order valence-electron chi connectivity index (χ2n) is 7.95. The molecule has 0 aliphatic carbocycles. The number of hydrogen-bond donors (Lipinski definition) is 2. The highest BCUT2D eigenvalue weighted by atomic mass is 35.5. The zero-order valence-electron chi connectivity index (χ0n) is 19.6. The Morgan fingerprint density at radius 1 is 1.06 bits per heavy atom. The van der Waals surface area contributed by atoms with Crippen molar-refractivity contribution in [2.75, 3.05) is 5.32 Å². The summed E-state index contributed by atoms with van der Waals surface area (Å²) in [6.07, 6.45) is 0. The van der Waals surface area contributed by atoms with Crippen molar-refractivity contribution >= 4 is 29.2 Å². The molecule has 2 aromatic carbocycles. The second-order valence-corrected chi connectivity index (χ2v) is 8.38. The molecule has 9 nitrogen and oxygen atoms in total. The zero-order chi connectivity index (χ0) is 25.8. The van der Waals surface area contributed by atoms with Gasteiger partial charge < -0.3 is 15.2 Å². The number of hydrogen-bond acceptors (Lipinski definition) is 6. The Balaban J connectivity index is 1.64. The number of nitrogens with one attached hydrogen (secondary N) is 1.